The molecule has 2 aromatic rings. The van der Waals surface area contributed by atoms with Crippen molar-refractivity contribution in [1.82, 2.24) is 4.90 Å². The summed E-state index contributed by atoms with van der Waals surface area (Å²) in [6.07, 6.45) is -4.37. The van der Waals surface area contributed by atoms with E-state index in [1.165, 1.54) is 23.9 Å². The maximum atomic E-state index is 12.8. The highest BCUT2D eigenvalue weighted by molar-refractivity contribution is 7.99. The number of thioether (sulfide) groups is 1. The topological polar surface area (TPSA) is 41.6 Å². The molecule has 1 aliphatic rings. The van der Waals surface area contributed by atoms with Crippen LogP contribution in [-0.4, -0.2) is 29.8 Å². The van der Waals surface area contributed by atoms with Gasteiger partial charge in [0, 0.05) is 12.3 Å². The van der Waals surface area contributed by atoms with Crippen molar-refractivity contribution in [3.63, 3.8) is 0 Å². The molecular weight excluding hydrogens is 377 g/mol. The van der Waals surface area contributed by atoms with Crippen LogP contribution in [0.5, 0.6) is 5.75 Å². The van der Waals surface area contributed by atoms with Gasteiger partial charge in [0.1, 0.15) is 11.1 Å². The Balaban J connectivity index is 1.75. The molecule has 0 aliphatic carbocycles. The van der Waals surface area contributed by atoms with Gasteiger partial charge < -0.3 is 15.0 Å². The lowest BCUT2D eigenvalue weighted by molar-refractivity contribution is -0.137. The lowest BCUT2D eigenvalue weighted by Crippen LogP contribution is -2.34. The number of anilines is 1. The van der Waals surface area contributed by atoms with Crippen molar-refractivity contribution in [3.8, 4) is 5.75 Å². The highest BCUT2D eigenvalue weighted by atomic mass is 32.2. The summed E-state index contributed by atoms with van der Waals surface area (Å²) in [5, 5.41) is 2.51. The van der Waals surface area contributed by atoms with Crippen molar-refractivity contribution in [3.05, 3.63) is 59.7 Å². The van der Waals surface area contributed by atoms with E-state index in [1.54, 1.807) is 23.1 Å². The molecule has 27 heavy (non-hydrogen) atoms. The van der Waals surface area contributed by atoms with Crippen LogP contribution in [0.2, 0.25) is 0 Å². The van der Waals surface area contributed by atoms with E-state index in [0.717, 1.165) is 12.1 Å². The molecule has 1 N–H and O–H groups in total. The van der Waals surface area contributed by atoms with Crippen LogP contribution in [0.25, 0.3) is 0 Å². The third-order valence-electron chi connectivity index (χ3n) is 4.10. The van der Waals surface area contributed by atoms with Crippen LogP contribution in [0.3, 0.4) is 0 Å². The zero-order chi connectivity index (χ0) is 19.4. The number of nitrogens with zero attached hydrogens (tertiary/aromatic N) is 1. The van der Waals surface area contributed by atoms with E-state index in [2.05, 4.69) is 5.32 Å². The van der Waals surface area contributed by atoms with Gasteiger partial charge in [-0.15, -0.1) is 11.8 Å². The summed E-state index contributed by atoms with van der Waals surface area (Å²) in [7, 11) is 0. The maximum Gasteiger partial charge on any atom is 0.416 e. The van der Waals surface area contributed by atoms with Gasteiger partial charge in [-0.2, -0.15) is 13.2 Å². The molecule has 2 amide bonds. The maximum absolute atomic E-state index is 12.8. The van der Waals surface area contributed by atoms with Crippen LogP contribution in [0.15, 0.2) is 48.5 Å². The summed E-state index contributed by atoms with van der Waals surface area (Å²) < 4.78 is 43.8. The summed E-state index contributed by atoms with van der Waals surface area (Å²) in [6.45, 7) is 2.84. The van der Waals surface area contributed by atoms with E-state index in [9.17, 15) is 18.0 Å². The Morgan fingerprint density at radius 2 is 1.93 bits per heavy atom. The largest absolute Gasteiger partial charge is 0.492 e. The van der Waals surface area contributed by atoms with E-state index in [0.29, 0.717) is 35.9 Å². The van der Waals surface area contributed by atoms with Gasteiger partial charge in [-0.1, -0.05) is 24.3 Å². The fraction of sp³-hybridized carbons (Fsp3) is 0.316. The third kappa shape index (κ3) is 4.50. The van der Waals surface area contributed by atoms with E-state index in [-0.39, 0.29) is 11.4 Å². The van der Waals surface area contributed by atoms with Crippen LogP contribution in [-0.2, 0) is 6.18 Å². The summed E-state index contributed by atoms with van der Waals surface area (Å²) in [5.41, 5.74) is 0.530. The normalized spacial score (nSPS) is 17.0. The van der Waals surface area contributed by atoms with Crippen molar-refractivity contribution in [1.29, 1.82) is 0 Å². The molecule has 1 saturated heterocycles. The number of ether oxygens (including phenoxy) is 1. The highest BCUT2D eigenvalue weighted by Crippen LogP contribution is 2.39. The van der Waals surface area contributed by atoms with Gasteiger partial charge in [-0.25, -0.2) is 4.79 Å². The average Bonchev–Trinajstić information content (AvgIpc) is 3.13. The van der Waals surface area contributed by atoms with Gasteiger partial charge in [0.15, 0.2) is 0 Å². The minimum atomic E-state index is -4.37. The molecule has 0 aromatic heterocycles. The van der Waals surface area contributed by atoms with E-state index >= 15 is 0 Å². The zero-order valence-corrected chi connectivity index (χ0v) is 15.4. The first-order valence-electron chi connectivity index (χ1n) is 8.48. The molecule has 0 saturated carbocycles. The molecule has 8 heteroatoms. The quantitative estimate of drug-likeness (QED) is 0.754. The number of hydrogen-bond acceptors (Lipinski definition) is 3. The van der Waals surface area contributed by atoms with Gasteiger partial charge in [-0.3, -0.25) is 0 Å². The van der Waals surface area contributed by atoms with Crippen molar-refractivity contribution in [2.75, 3.05) is 24.2 Å². The Hall–Kier alpha value is -2.35. The Morgan fingerprint density at radius 3 is 2.59 bits per heavy atom. The number of benzene rings is 2. The van der Waals surface area contributed by atoms with Crippen LogP contribution in [0, 0.1) is 0 Å². The van der Waals surface area contributed by atoms with Crippen molar-refractivity contribution < 1.29 is 22.7 Å². The molecule has 0 spiro atoms. The Labute approximate surface area is 159 Å². The first-order valence-corrected chi connectivity index (χ1v) is 9.53. The first-order chi connectivity index (χ1) is 12.9. The summed E-state index contributed by atoms with van der Waals surface area (Å²) in [5.74, 6) is 1.29. The first kappa shape index (κ1) is 19.4. The Morgan fingerprint density at radius 1 is 1.22 bits per heavy atom. The monoisotopic (exact) mass is 396 g/mol. The number of para-hydroxylation sites is 2. The fourth-order valence-corrected chi connectivity index (χ4v) is 4.09. The predicted octanol–water partition coefficient (Wildman–Crippen LogP) is 5.38. The van der Waals surface area contributed by atoms with Gasteiger partial charge in [0.25, 0.3) is 0 Å². The summed E-state index contributed by atoms with van der Waals surface area (Å²) >= 11 is 1.52. The van der Waals surface area contributed by atoms with Gasteiger partial charge in [0.05, 0.1) is 17.9 Å². The van der Waals surface area contributed by atoms with E-state index in [4.69, 9.17) is 4.74 Å². The minimum absolute atomic E-state index is 0.308. The van der Waals surface area contributed by atoms with Crippen LogP contribution in [0.1, 0.15) is 23.4 Å². The summed E-state index contributed by atoms with van der Waals surface area (Å²) in [6, 6.07) is 11.8. The molecule has 2 aromatic carbocycles. The molecule has 0 unspecified atom stereocenters. The molecule has 3 rings (SSSR count). The third-order valence-corrected chi connectivity index (χ3v) is 5.36. The fourth-order valence-electron chi connectivity index (χ4n) is 2.83. The highest BCUT2D eigenvalue weighted by Gasteiger charge is 2.33. The number of hydrogen-bond donors (Lipinski definition) is 1. The molecule has 144 valence electrons. The predicted molar refractivity (Wildman–Crippen MR) is 100.0 cm³/mol. The lowest BCUT2D eigenvalue weighted by atomic mass is 10.1. The van der Waals surface area contributed by atoms with Gasteiger partial charge in [-0.05, 0) is 36.8 Å². The number of alkyl halides is 3. The smallest absolute Gasteiger partial charge is 0.416 e. The molecule has 0 radical (unpaired) electrons. The molecule has 1 fully saturated rings. The number of halogens is 3. The Bertz CT molecular complexity index is 796. The zero-order valence-electron chi connectivity index (χ0n) is 14.6. The molecule has 1 atom stereocenters. The Kier molecular flexibility index (Phi) is 5.84. The summed E-state index contributed by atoms with van der Waals surface area (Å²) in [4.78, 5) is 14.4. The molecule has 4 nitrogen and oxygen atoms in total. The number of urea groups is 1. The molecule has 0 bridgehead atoms. The van der Waals surface area contributed by atoms with Crippen LogP contribution in [0.4, 0.5) is 23.7 Å². The van der Waals surface area contributed by atoms with Crippen molar-refractivity contribution in [2.45, 2.75) is 18.5 Å². The second-order valence-corrected chi connectivity index (χ2v) is 7.08. The minimum Gasteiger partial charge on any atom is -0.492 e. The number of carbonyl (C=O) groups excluding carboxylic acids is 1. The lowest BCUT2D eigenvalue weighted by Gasteiger charge is -2.25. The van der Waals surface area contributed by atoms with E-state index < -0.39 is 11.7 Å². The van der Waals surface area contributed by atoms with E-state index in [1.807, 2.05) is 13.0 Å². The molecule has 1 aliphatic heterocycles. The average molecular weight is 396 g/mol. The standard InChI is InChI=1S/C19H19F3N2O2S/c1-2-26-16-6-4-3-5-15(16)23-18(25)24-11-12-27-17(24)13-7-9-14(10-8-13)19(20,21)22/h3-10,17H,2,11-12H2,1H3,(H,23,25)/t17-/m1/s1. The number of nitrogens with one attached hydrogen (secondary N) is 1. The van der Waals surface area contributed by atoms with Crippen LogP contribution >= 0.6 is 11.8 Å². The second kappa shape index (κ2) is 8.12. The van der Waals surface area contributed by atoms with Gasteiger partial charge >= 0.3 is 12.2 Å². The number of carbonyl (C=O) groups is 1. The van der Waals surface area contributed by atoms with Crippen molar-refractivity contribution in [2.24, 2.45) is 0 Å². The molecular formula is C19H19F3N2O2S. The van der Waals surface area contributed by atoms with Gasteiger partial charge in [0.2, 0.25) is 0 Å². The SMILES string of the molecule is CCOc1ccccc1NC(=O)N1CCS[C@@H]1c1ccc(C(F)(F)F)cc1. The second-order valence-electron chi connectivity index (χ2n) is 5.90. The number of amides is 2. The number of rotatable bonds is 4. The van der Waals surface area contributed by atoms with Crippen molar-refractivity contribution >= 4 is 23.5 Å². The van der Waals surface area contributed by atoms with Crippen LogP contribution < -0.4 is 10.1 Å². The molecule has 1 heterocycles.